The van der Waals surface area contributed by atoms with Crippen molar-refractivity contribution in [2.45, 2.75) is 39.5 Å². The molecule has 0 atom stereocenters. The first-order valence-electron chi connectivity index (χ1n) is 10.1. The molecule has 0 spiro atoms. The number of benzene rings is 2. The number of nitrogens with zero attached hydrogens (tertiary/aromatic N) is 1. The average Bonchev–Trinajstić information content (AvgIpc) is 2.99. The van der Waals surface area contributed by atoms with E-state index in [1.807, 2.05) is 68.5 Å². The average molecular weight is 439 g/mol. The van der Waals surface area contributed by atoms with Crippen molar-refractivity contribution in [2.75, 3.05) is 11.9 Å². The van der Waals surface area contributed by atoms with Gasteiger partial charge in [0.15, 0.2) is 0 Å². The van der Waals surface area contributed by atoms with Crippen LogP contribution in [0.2, 0.25) is 0 Å². The Morgan fingerprint density at radius 3 is 2.60 bits per heavy atom. The molecule has 0 bridgehead atoms. The van der Waals surface area contributed by atoms with Gasteiger partial charge in [0, 0.05) is 18.7 Å². The number of thioether (sulfide) groups is 1. The van der Waals surface area contributed by atoms with E-state index in [2.05, 4.69) is 5.32 Å². The summed E-state index contributed by atoms with van der Waals surface area (Å²) in [6.07, 6.45) is 4.83. The molecule has 30 heavy (non-hydrogen) atoms. The summed E-state index contributed by atoms with van der Waals surface area (Å²) in [5.41, 5.74) is 4.14. The third kappa shape index (κ3) is 5.80. The number of unbranched alkanes of at least 4 members (excludes halogenated alkanes) is 2. The highest BCUT2D eigenvalue weighted by molar-refractivity contribution is 8.26. The van der Waals surface area contributed by atoms with Crippen molar-refractivity contribution >= 4 is 51.9 Å². The Morgan fingerprint density at radius 2 is 1.83 bits per heavy atom. The molecule has 2 aromatic carbocycles. The Balaban J connectivity index is 1.41. The normalized spacial score (nSPS) is 15.1. The van der Waals surface area contributed by atoms with Gasteiger partial charge >= 0.3 is 0 Å². The molecule has 0 aliphatic carbocycles. The molecule has 1 aliphatic rings. The molecular weight excluding hydrogens is 412 g/mol. The summed E-state index contributed by atoms with van der Waals surface area (Å²) in [5, 5.41) is 2.99. The zero-order chi connectivity index (χ0) is 21.5. The van der Waals surface area contributed by atoms with Crippen LogP contribution in [0.3, 0.4) is 0 Å². The number of nitrogens with one attached hydrogen (secondary N) is 1. The second kappa shape index (κ2) is 10.5. The summed E-state index contributed by atoms with van der Waals surface area (Å²) in [5.74, 6) is 0.00150. The lowest BCUT2D eigenvalue weighted by Gasteiger charge is -2.14. The number of rotatable bonds is 8. The summed E-state index contributed by atoms with van der Waals surface area (Å²) < 4.78 is 0.606. The van der Waals surface area contributed by atoms with Gasteiger partial charge in [-0.1, -0.05) is 72.9 Å². The van der Waals surface area contributed by atoms with E-state index >= 15 is 0 Å². The fourth-order valence-corrected chi connectivity index (χ4v) is 4.53. The van der Waals surface area contributed by atoms with Crippen molar-refractivity contribution in [1.82, 2.24) is 4.90 Å². The lowest BCUT2D eigenvalue weighted by Crippen LogP contribution is -2.29. The van der Waals surface area contributed by atoms with Crippen LogP contribution in [0.1, 0.15) is 42.4 Å². The van der Waals surface area contributed by atoms with Crippen LogP contribution in [-0.2, 0) is 9.59 Å². The largest absolute Gasteiger partial charge is 0.326 e. The molecule has 0 aromatic heterocycles. The van der Waals surface area contributed by atoms with E-state index in [0.717, 1.165) is 41.6 Å². The molecule has 1 N–H and O–H groups in total. The number of hydrogen-bond acceptors (Lipinski definition) is 4. The minimum Gasteiger partial charge on any atom is -0.326 e. The van der Waals surface area contributed by atoms with Gasteiger partial charge < -0.3 is 5.32 Å². The van der Waals surface area contributed by atoms with Gasteiger partial charge in [-0.05, 0) is 55.5 Å². The van der Waals surface area contributed by atoms with Crippen LogP contribution in [0, 0.1) is 13.8 Å². The first-order valence-corrected chi connectivity index (χ1v) is 11.3. The van der Waals surface area contributed by atoms with Gasteiger partial charge in [0.25, 0.3) is 5.91 Å². The summed E-state index contributed by atoms with van der Waals surface area (Å²) in [4.78, 5) is 27.2. The minimum absolute atomic E-state index is 0.0264. The van der Waals surface area contributed by atoms with Crippen LogP contribution in [0.15, 0.2) is 53.4 Å². The third-order valence-corrected chi connectivity index (χ3v) is 6.51. The van der Waals surface area contributed by atoms with E-state index in [0.29, 0.717) is 22.2 Å². The molecule has 0 unspecified atom stereocenters. The molecular formula is C24H26N2O2S2. The molecule has 2 aromatic rings. The highest BCUT2D eigenvalue weighted by Gasteiger charge is 2.31. The number of aryl methyl sites for hydroxylation is 1. The first kappa shape index (κ1) is 22.2. The topological polar surface area (TPSA) is 49.4 Å². The van der Waals surface area contributed by atoms with Crippen molar-refractivity contribution in [2.24, 2.45) is 0 Å². The van der Waals surface area contributed by atoms with Gasteiger partial charge in [0.2, 0.25) is 5.91 Å². The third-order valence-electron chi connectivity index (χ3n) is 5.14. The highest BCUT2D eigenvalue weighted by atomic mass is 32.2. The lowest BCUT2D eigenvalue weighted by molar-refractivity contribution is -0.122. The van der Waals surface area contributed by atoms with Crippen LogP contribution in [0.4, 0.5) is 5.69 Å². The number of thiocarbonyl (C=S) groups is 1. The molecule has 6 heteroatoms. The van der Waals surface area contributed by atoms with Crippen molar-refractivity contribution in [3.8, 4) is 0 Å². The summed E-state index contributed by atoms with van der Waals surface area (Å²) >= 11 is 6.74. The molecule has 0 radical (unpaired) electrons. The Morgan fingerprint density at radius 1 is 1.07 bits per heavy atom. The van der Waals surface area contributed by atoms with Gasteiger partial charge in [-0.2, -0.15) is 0 Å². The Bertz CT molecular complexity index is 970. The maximum atomic E-state index is 12.6. The molecule has 1 heterocycles. The van der Waals surface area contributed by atoms with E-state index < -0.39 is 0 Å². The molecule has 4 nitrogen and oxygen atoms in total. The van der Waals surface area contributed by atoms with Crippen molar-refractivity contribution < 1.29 is 9.59 Å². The van der Waals surface area contributed by atoms with Crippen LogP contribution in [0.5, 0.6) is 0 Å². The molecule has 2 amide bonds. The Hall–Kier alpha value is -2.44. The standard InChI is InChI=1S/C24H26N2O2S2/c1-17-10-9-13-20(18(17)2)25-22(27)14-7-4-8-15-26-23(28)21(30-24(26)29)16-19-11-5-3-6-12-19/h3,5-6,9-13,16H,4,7-8,14-15H2,1-2H3,(H,25,27)/b21-16-. The predicted molar refractivity (Wildman–Crippen MR) is 129 cm³/mol. The zero-order valence-corrected chi connectivity index (χ0v) is 18.9. The van der Waals surface area contributed by atoms with E-state index in [1.165, 1.54) is 11.8 Å². The van der Waals surface area contributed by atoms with Crippen molar-refractivity contribution in [3.05, 3.63) is 70.1 Å². The van der Waals surface area contributed by atoms with Crippen LogP contribution < -0.4 is 5.32 Å². The summed E-state index contributed by atoms with van der Waals surface area (Å²) in [7, 11) is 0. The molecule has 1 saturated heterocycles. The smallest absolute Gasteiger partial charge is 0.266 e. The van der Waals surface area contributed by atoms with Gasteiger partial charge in [-0.3, -0.25) is 14.5 Å². The Kier molecular flexibility index (Phi) is 7.82. The second-order valence-corrected chi connectivity index (χ2v) is 9.03. The van der Waals surface area contributed by atoms with Crippen LogP contribution in [0.25, 0.3) is 6.08 Å². The van der Waals surface area contributed by atoms with Gasteiger partial charge in [-0.15, -0.1) is 0 Å². The quantitative estimate of drug-likeness (QED) is 0.326. The number of amides is 2. The van der Waals surface area contributed by atoms with Gasteiger partial charge in [-0.25, -0.2) is 0 Å². The maximum absolute atomic E-state index is 12.6. The number of anilines is 1. The minimum atomic E-state index is -0.0264. The molecule has 1 aliphatic heterocycles. The first-order chi connectivity index (χ1) is 14.5. The second-order valence-electron chi connectivity index (χ2n) is 7.35. The summed E-state index contributed by atoms with van der Waals surface area (Å²) in [6.45, 7) is 4.64. The lowest BCUT2D eigenvalue weighted by atomic mass is 10.1. The van der Waals surface area contributed by atoms with Crippen molar-refractivity contribution in [1.29, 1.82) is 0 Å². The van der Waals surface area contributed by atoms with Gasteiger partial charge in [0.1, 0.15) is 4.32 Å². The number of hydrogen-bond donors (Lipinski definition) is 1. The molecule has 0 saturated carbocycles. The fourth-order valence-electron chi connectivity index (χ4n) is 3.22. The van der Waals surface area contributed by atoms with Gasteiger partial charge in [0.05, 0.1) is 4.91 Å². The van der Waals surface area contributed by atoms with E-state index in [4.69, 9.17) is 12.2 Å². The monoisotopic (exact) mass is 438 g/mol. The fraction of sp³-hybridized carbons (Fsp3) is 0.292. The van der Waals surface area contributed by atoms with Crippen LogP contribution >= 0.6 is 24.0 Å². The molecule has 3 rings (SSSR count). The van der Waals surface area contributed by atoms with E-state index in [1.54, 1.807) is 4.90 Å². The SMILES string of the molecule is Cc1cccc(NC(=O)CCCCCN2C(=O)/C(=C/c3ccccc3)SC2=S)c1C. The summed E-state index contributed by atoms with van der Waals surface area (Å²) in [6, 6.07) is 15.7. The van der Waals surface area contributed by atoms with E-state index in [-0.39, 0.29) is 11.8 Å². The number of carbonyl (C=O) groups is 2. The maximum Gasteiger partial charge on any atom is 0.266 e. The highest BCUT2D eigenvalue weighted by Crippen LogP contribution is 2.32. The number of carbonyl (C=O) groups excluding carboxylic acids is 2. The zero-order valence-electron chi connectivity index (χ0n) is 17.3. The van der Waals surface area contributed by atoms with Crippen LogP contribution in [-0.4, -0.2) is 27.6 Å². The van der Waals surface area contributed by atoms with Crippen molar-refractivity contribution in [3.63, 3.8) is 0 Å². The van der Waals surface area contributed by atoms with E-state index in [9.17, 15) is 9.59 Å². The predicted octanol–water partition coefficient (Wildman–Crippen LogP) is 5.70. The molecule has 156 valence electrons. The Labute approximate surface area is 187 Å². The molecule has 1 fully saturated rings.